The number of benzene rings is 3. The van der Waals surface area contributed by atoms with E-state index in [2.05, 4.69) is 5.32 Å². The number of ether oxygens (including phenoxy) is 1. The van der Waals surface area contributed by atoms with Gasteiger partial charge in [0.25, 0.3) is 10.0 Å². The smallest absolute Gasteiger partial charge is 0.277 e. The van der Waals surface area contributed by atoms with Gasteiger partial charge in [-0.05, 0) is 55.1 Å². The maximum atomic E-state index is 13.4. The zero-order chi connectivity index (χ0) is 18.9. The predicted octanol–water partition coefficient (Wildman–Crippen LogP) is 4.03. The lowest BCUT2D eigenvalue weighted by Crippen LogP contribution is -2.43. The minimum atomic E-state index is -3.70. The average Bonchev–Trinajstić information content (AvgIpc) is 2.67. The first-order valence-corrected chi connectivity index (χ1v) is 10.5. The number of nitrogens with zero attached hydrogens (tertiary/aromatic N) is 1. The van der Waals surface area contributed by atoms with Crippen LogP contribution in [0.3, 0.4) is 0 Å². The highest BCUT2D eigenvalue weighted by molar-refractivity contribution is 7.93. The number of para-hydroxylation sites is 1. The third-order valence-corrected chi connectivity index (χ3v) is 6.66. The quantitative estimate of drug-likeness (QED) is 0.677. The maximum absolute atomic E-state index is 13.4. The van der Waals surface area contributed by atoms with Crippen molar-refractivity contribution in [3.05, 3.63) is 66.7 Å². The summed E-state index contributed by atoms with van der Waals surface area (Å²) in [7, 11) is -1.84. The molecule has 140 valence electrons. The molecule has 0 unspecified atom stereocenters. The van der Waals surface area contributed by atoms with E-state index in [1.165, 1.54) is 4.31 Å². The van der Waals surface area contributed by atoms with Gasteiger partial charge in [-0.25, -0.2) is 12.7 Å². The molecular weight excluding hydrogens is 360 g/mol. The number of rotatable bonds is 5. The van der Waals surface area contributed by atoms with E-state index >= 15 is 0 Å². The largest absolute Gasteiger partial charge is 0.470 e. The first kappa shape index (κ1) is 17.8. The van der Waals surface area contributed by atoms with Crippen molar-refractivity contribution in [3.63, 3.8) is 0 Å². The Bertz CT molecular complexity index is 1050. The Morgan fingerprint density at radius 1 is 1.00 bits per heavy atom. The van der Waals surface area contributed by atoms with E-state index in [1.807, 2.05) is 73.8 Å². The van der Waals surface area contributed by atoms with Crippen LogP contribution in [0.5, 0.6) is 5.75 Å². The van der Waals surface area contributed by atoms with Crippen LogP contribution in [0.15, 0.2) is 66.7 Å². The lowest BCUT2D eigenvalue weighted by molar-refractivity contribution is 0.255. The third-order valence-electron chi connectivity index (χ3n) is 4.75. The Morgan fingerprint density at radius 2 is 1.67 bits per heavy atom. The topological polar surface area (TPSA) is 58.6 Å². The molecule has 6 heteroatoms. The fourth-order valence-electron chi connectivity index (χ4n) is 3.42. The highest BCUT2D eigenvalue weighted by Gasteiger charge is 2.41. The van der Waals surface area contributed by atoms with Gasteiger partial charge in [-0.15, -0.1) is 0 Å². The van der Waals surface area contributed by atoms with Crippen LogP contribution in [0.25, 0.3) is 10.8 Å². The van der Waals surface area contributed by atoms with Gasteiger partial charge in [0.1, 0.15) is 5.75 Å². The van der Waals surface area contributed by atoms with Crippen molar-refractivity contribution in [2.45, 2.75) is 18.3 Å². The van der Waals surface area contributed by atoms with Crippen molar-refractivity contribution in [2.24, 2.45) is 0 Å². The van der Waals surface area contributed by atoms with E-state index in [0.717, 1.165) is 17.3 Å². The summed E-state index contributed by atoms with van der Waals surface area (Å²) in [6, 6.07) is 20.9. The Balaban J connectivity index is 1.87. The maximum Gasteiger partial charge on any atom is 0.277 e. The SMILES string of the molecule is CNCCC[C@H]1Oc2cc3ccccc3cc2N(c2ccccc2)S1(=O)=O. The van der Waals surface area contributed by atoms with Gasteiger partial charge in [-0.2, -0.15) is 0 Å². The highest BCUT2D eigenvalue weighted by atomic mass is 32.2. The first-order chi connectivity index (χ1) is 13.1. The normalized spacial score (nSPS) is 18.1. The van der Waals surface area contributed by atoms with Gasteiger partial charge in [-0.3, -0.25) is 0 Å². The second-order valence-corrected chi connectivity index (χ2v) is 8.53. The van der Waals surface area contributed by atoms with Crippen molar-refractivity contribution >= 4 is 32.2 Å². The number of hydrogen-bond acceptors (Lipinski definition) is 4. The third kappa shape index (κ3) is 3.26. The summed E-state index contributed by atoms with van der Waals surface area (Å²) in [6.07, 6.45) is 1.14. The standard InChI is InChI=1S/C21H22N2O3S/c1-22-13-7-12-21-26-20-15-17-9-6-5-8-16(17)14-19(20)23(27(21,24)25)18-10-3-2-4-11-18/h2-6,8-11,14-15,21-22H,7,12-13H2,1H3/t21-/m0/s1. The number of nitrogens with one attached hydrogen (secondary N) is 1. The summed E-state index contributed by atoms with van der Waals surface area (Å²) in [6.45, 7) is 0.741. The summed E-state index contributed by atoms with van der Waals surface area (Å²) >= 11 is 0. The zero-order valence-corrected chi connectivity index (χ0v) is 15.9. The van der Waals surface area contributed by atoms with Crippen molar-refractivity contribution in [3.8, 4) is 5.75 Å². The van der Waals surface area contributed by atoms with Gasteiger partial charge in [0, 0.05) is 6.42 Å². The number of hydrogen-bond donors (Lipinski definition) is 1. The van der Waals surface area contributed by atoms with Crippen LogP contribution < -0.4 is 14.4 Å². The second-order valence-electron chi connectivity index (χ2n) is 6.61. The van der Waals surface area contributed by atoms with Crippen LogP contribution >= 0.6 is 0 Å². The van der Waals surface area contributed by atoms with Gasteiger partial charge in [0.2, 0.25) is 5.44 Å². The molecule has 1 aliphatic rings. The van der Waals surface area contributed by atoms with Gasteiger partial charge in [0.15, 0.2) is 0 Å². The van der Waals surface area contributed by atoms with Gasteiger partial charge in [0.05, 0.1) is 11.4 Å². The molecular formula is C21H22N2O3S. The Hall–Kier alpha value is -2.57. The molecule has 0 radical (unpaired) electrons. The lowest BCUT2D eigenvalue weighted by Gasteiger charge is -2.36. The lowest BCUT2D eigenvalue weighted by atomic mass is 10.1. The molecule has 0 spiro atoms. The Morgan fingerprint density at radius 3 is 2.37 bits per heavy atom. The zero-order valence-electron chi connectivity index (χ0n) is 15.1. The van der Waals surface area contributed by atoms with E-state index < -0.39 is 15.5 Å². The minimum Gasteiger partial charge on any atom is -0.470 e. The fourth-order valence-corrected chi connectivity index (χ4v) is 5.18. The molecule has 1 N–H and O–H groups in total. The summed E-state index contributed by atoms with van der Waals surface area (Å²) in [5.74, 6) is 0.599. The molecule has 4 rings (SSSR count). The van der Waals surface area contributed by atoms with E-state index in [9.17, 15) is 8.42 Å². The number of fused-ring (bicyclic) bond motifs is 2. The van der Waals surface area contributed by atoms with Crippen molar-refractivity contribution < 1.29 is 13.2 Å². The molecule has 27 heavy (non-hydrogen) atoms. The number of anilines is 2. The summed E-state index contributed by atoms with van der Waals surface area (Å²) in [5.41, 5.74) is 0.278. The average molecular weight is 382 g/mol. The van der Waals surface area contributed by atoms with Gasteiger partial charge >= 0.3 is 0 Å². The molecule has 0 aliphatic carbocycles. The molecule has 3 aromatic rings. The van der Waals surface area contributed by atoms with E-state index in [4.69, 9.17) is 4.74 Å². The second kappa shape index (κ2) is 7.21. The van der Waals surface area contributed by atoms with Gasteiger partial charge in [-0.1, -0.05) is 42.5 Å². The summed E-state index contributed by atoms with van der Waals surface area (Å²) < 4.78 is 34.2. The molecule has 1 atom stereocenters. The van der Waals surface area contributed by atoms with Crippen LogP contribution in [0.2, 0.25) is 0 Å². The van der Waals surface area contributed by atoms with Gasteiger partial charge < -0.3 is 10.1 Å². The van der Waals surface area contributed by atoms with Crippen LogP contribution in [-0.4, -0.2) is 27.4 Å². The van der Waals surface area contributed by atoms with Crippen molar-refractivity contribution in [2.75, 3.05) is 17.9 Å². The molecule has 3 aromatic carbocycles. The van der Waals surface area contributed by atoms with Crippen LogP contribution in [0.4, 0.5) is 11.4 Å². The van der Waals surface area contributed by atoms with Crippen LogP contribution in [0, 0.1) is 0 Å². The molecule has 5 nitrogen and oxygen atoms in total. The number of sulfonamides is 1. The van der Waals surface area contributed by atoms with Crippen molar-refractivity contribution in [1.29, 1.82) is 0 Å². The minimum absolute atomic E-state index is 0.429. The van der Waals surface area contributed by atoms with Crippen molar-refractivity contribution in [1.82, 2.24) is 5.32 Å². The molecule has 1 heterocycles. The highest BCUT2D eigenvalue weighted by Crippen LogP contribution is 2.44. The van der Waals surface area contributed by atoms with E-state index in [-0.39, 0.29) is 0 Å². The monoisotopic (exact) mass is 382 g/mol. The van der Waals surface area contributed by atoms with Crippen LogP contribution in [0.1, 0.15) is 12.8 Å². The Kier molecular flexibility index (Phi) is 4.76. The molecule has 0 fully saturated rings. The molecule has 0 saturated heterocycles. The summed E-state index contributed by atoms with van der Waals surface area (Å²) in [5, 5.41) is 5.06. The molecule has 0 aromatic heterocycles. The van der Waals surface area contributed by atoms with E-state index in [0.29, 0.717) is 30.0 Å². The molecule has 0 saturated carbocycles. The van der Waals surface area contributed by atoms with Crippen LogP contribution in [-0.2, 0) is 10.0 Å². The molecule has 0 bridgehead atoms. The van der Waals surface area contributed by atoms with E-state index in [1.54, 1.807) is 0 Å². The first-order valence-electron chi connectivity index (χ1n) is 9.04. The fraction of sp³-hybridized carbons (Fsp3) is 0.238. The summed E-state index contributed by atoms with van der Waals surface area (Å²) in [4.78, 5) is 0. The predicted molar refractivity (Wildman–Crippen MR) is 109 cm³/mol. The molecule has 1 aliphatic heterocycles. The molecule has 0 amide bonds. The Labute approximate surface area is 159 Å².